The summed E-state index contributed by atoms with van der Waals surface area (Å²) in [5, 5.41) is 0. The van der Waals surface area contributed by atoms with Crippen molar-refractivity contribution in [3.63, 3.8) is 0 Å². The molecule has 1 atom stereocenters. The average Bonchev–Trinajstić information content (AvgIpc) is 2.15. The maximum atomic E-state index is 10.9. The lowest BCUT2D eigenvalue weighted by molar-refractivity contribution is -0.112. The van der Waals surface area contributed by atoms with Crippen LogP contribution in [0, 0.1) is 5.92 Å². The largest absolute Gasteiger partial charge is 0.500 e. The molecule has 0 bridgehead atoms. The molecule has 0 radical (unpaired) electrons. The van der Waals surface area contributed by atoms with Crippen LogP contribution in [0.25, 0.3) is 0 Å². The number of methoxy groups -OCH3 is 1. The summed E-state index contributed by atoms with van der Waals surface area (Å²) >= 11 is 0. The Morgan fingerprint density at radius 3 is 2.77 bits per heavy atom. The van der Waals surface area contributed by atoms with Crippen LogP contribution in [-0.2, 0) is 9.53 Å². The monoisotopic (exact) mass is 178 g/mol. The van der Waals surface area contributed by atoms with Gasteiger partial charge in [-0.15, -0.1) is 0 Å². The predicted octanol–water partition coefficient (Wildman–Crippen LogP) is 2.24. The number of allylic oxidation sites excluding steroid dienone is 5. The molecule has 0 aliphatic heterocycles. The van der Waals surface area contributed by atoms with Crippen molar-refractivity contribution in [2.45, 2.75) is 13.3 Å². The molecule has 1 aliphatic carbocycles. The Morgan fingerprint density at radius 2 is 2.31 bits per heavy atom. The van der Waals surface area contributed by atoms with E-state index in [9.17, 15) is 4.79 Å². The predicted molar refractivity (Wildman–Crippen MR) is 52.2 cm³/mol. The SMILES string of the molecule is CO/C(=C\C(C)=O)C1C=CC=CC1. The second-order valence-corrected chi connectivity index (χ2v) is 3.02. The second-order valence-electron chi connectivity index (χ2n) is 3.02. The van der Waals surface area contributed by atoms with Crippen molar-refractivity contribution < 1.29 is 9.53 Å². The number of carbonyl (C=O) groups excluding carboxylic acids is 1. The van der Waals surface area contributed by atoms with Crippen molar-refractivity contribution in [1.82, 2.24) is 0 Å². The summed E-state index contributed by atoms with van der Waals surface area (Å²) in [5.41, 5.74) is 0. The fraction of sp³-hybridized carbons (Fsp3) is 0.364. The highest BCUT2D eigenvalue weighted by molar-refractivity contribution is 5.87. The highest BCUT2D eigenvalue weighted by atomic mass is 16.5. The van der Waals surface area contributed by atoms with Gasteiger partial charge in [-0.2, -0.15) is 0 Å². The van der Waals surface area contributed by atoms with Crippen LogP contribution in [0.5, 0.6) is 0 Å². The molecule has 0 aromatic rings. The lowest BCUT2D eigenvalue weighted by atomic mass is 9.98. The number of rotatable bonds is 3. The van der Waals surface area contributed by atoms with E-state index in [0.29, 0.717) is 0 Å². The Balaban J connectivity index is 2.72. The number of hydrogen-bond donors (Lipinski definition) is 0. The molecule has 0 aromatic carbocycles. The third kappa shape index (κ3) is 2.90. The van der Waals surface area contributed by atoms with E-state index < -0.39 is 0 Å². The molecule has 1 aliphatic rings. The van der Waals surface area contributed by atoms with Gasteiger partial charge in [-0.3, -0.25) is 4.79 Å². The minimum absolute atomic E-state index is 0.0276. The van der Waals surface area contributed by atoms with Gasteiger partial charge in [0, 0.05) is 12.0 Å². The maximum Gasteiger partial charge on any atom is 0.155 e. The van der Waals surface area contributed by atoms with Gasteiger partial charge in [-0.25, -0.2) is 0 Å². The molecule has 0 saturated carbocycles. The molecule has 0 amide bonds. The molecule has 2 nitrogen and oxygen atoms in total. The van der Waals surface area contributed by atoms with Gasteiger partial charge in [0.05, 0.1) is 7.11 Å². The molecule has 2 heteroatoms. The van der Waals surface area contributed by atoms with Crippen LogP contribution >= 0.6 is 0 Å². The van der Waals surface area contributed by atoms with Gasteiger partial charge in [-0.05, 0) is 13.3 Å². The lowest BCUT2D eigenvalue weighted by Gasteiger charge is -2.15. The van der Waals surface area contributed by atoms with Crippen molar-refractivity contribution in [3.8, 4) is 0 Å². The first-order valence-corrected chi connectivity index (χ1v) is 4.33. The molecule has 13 heavy (non-hydrogen) atoms. The van der Waals surface area contributed by atoms with E-state index in [1.807, 2.05) is 18.2 Å². The minimum atomic E-state index is 0.0276. The molecule has 70 valence electrons. The first-order valence-electron chi connectivity index (χ1n) is 4.33. The zero-order chi connectivity index (χ0) is 9.68. The third-order valence-electron chi connectivity index (χ3n) is 1.93. The van der Waals surface area contributed by atoms with E-state index >= 15 is 0 Å². The van der Waals surface area contributed by atoms with Crippen LogP contribution in [-0.4, -0.2) is 12.9 Å². The molecule has 0 saturated heterocycles. The Kier molecular flexibility index (Phi) is 3.50. The minimum Gasteiger partial charge on any atom is -0.500 e. The van der Waals surface area contributed by atoms with Gasteiger partial charge in [-0.1, -0.05) is 24.3 Å². The standard InChI is InChI=1S/C11H14O2/c1-9(12)8-11(13-2)10-6-4-3-5-7-10/h3-6,8,10H,7H2,1-2H3/b11-8-. The fourth-order valence-electron chi connectivity index (χ4n) is 1.31. The van der Waals surface area contributed by atoms with E-state index in [4.69, 9.17) is 4.74 Å². The Labute approximate surface area is 78.6 Å². The van der Waals surface area contributed by atoms with Crippen LogP contribution in [0.2, 0.25) is 0 Å². The summed E-state index contributed by atoms with van der Waals surface area (Å²) in [6.45, 7) is 1.53. The molecule has 1 rings (SSSR count). The van der Waals surface area contributed by atoms with Crippen LogP contribution in [0.15, 0.2) is 36.1 Å². The molecular formula is C11H14O2. The first kappa shape index (κ1) is 9.78. The summed E-state index contributed by atoms with van der Waals surface area (Å²) in [6, 6.07) is 0. The van der Waals surface area contributed by atoms with Gasteiger partial charge < -0.3 is 4.74 Å². The van der Waals surface area contributed by atoms with Gasteiger partial charge in [0.15, 0.2) is 5.78 Å². The Morgan fingerprint density at radius 1 is 1.54 bits per heavy atom. The van der Waals surface area contributed by atoms with Crippen LogP contribution < -0.4 is 0 Å². The quantitative estimate of drug-likeness (QED) is 0.489. The van der Waals surface area contributed by atoms with Gasteiger partial charge in [0.1, 0.15) is 5.76 Å². The number of ether oxygens (including phenoxy) is 1. The molecule has 1 unspecified atom stereocenters. The highest BCUT2D eigenvalue weighted by Gasteiger charge is 2.12. The molecule has 0 N–H and O–H groups in total. The van der Waals surface area contributed by atoms with E-state index in [0.717, 1.165) is 12.2 Å². The van der Waals surface area contributed by atoms with Gasteiger partial charge in [0.2, 0.25) is 0 Å². The first-order chi connectivity index (χ1) is 6.24. The molecule has 0 fully saturated rings. The van der Waals surface area contributed by atoms with Crippen molar-refractivity contribution in [2.75, 3.05) is 7.11 Å². The molecule has 0 spiro atoms. The topological polar surface area (TPSA) is 26.3 Å². The molecule has 0 heterocycles. The Bertz CT molecular complexity index is 272. The van der Waals surface area contributed by atoms with Crippen molar-refractivity contribution in [2.24, 2.45) is 5.92 Å². The third-order valence-corrected chi connectivity index (χ3v) is 1.93. The van der Waals surface area contributed by atoms with E-state index in [2.05, 4.69) is 6.08 Å². The normalized spacial score (nSPS) is 21.7. The van der Waals surface area contributed by atoms with Crippen molar-refractivity contribution >= 4 is 5.78 Å². The van der Waals surface area contributed by atoms with Crippen LogP contribution in [0.4, 0.5) is 0 Å². The van der Waals surface area contributed by atoms with Crippen molar-refractivity contribution in [3.05, 3.63) is 36.1 Å². The van der Waals surface area contributed by atoms with Crippen molar-refractivity contribution in [1.29, 1.82) is 0 Å². The second kappa shape index (κ2) is 4.65. The summed E-state index contributed by atoms with van der Waals surface area (Å²) in [6.07, 6.45) is 10.5. The number of carbonyl (C=O) groups is 1. The van der Waals surface area contributed by atoms with Gasteiger partial charge in [0.25, 0.3) is 0 Å². The Hall–Kier alpha value is -1.31. The zero-order valence-electron chi connectivity index (χ0n) is 7.99. The highest BCUT2D eigenvalue weighted by Crippen LogP contribution is 2.21. The zero-order valence-corrected chi connectivity index (χ0v) is 7.99. The fourth-order valence-corrected chi connectivity index (χ4v) is 1.31. The van der Waals surface area contributed by atoms with E-state index in [1.165, 1.54) is 6.92 Å². The maximum absolute atomic E-state index is 10.9. The summed E-state index contributed by atoms with van der Waals surface area (Å²) in [5.74, 6) is 0.992. The molecular weight excluding hydrogens is 164 g/mol. The van der Waals surface area contributed by atoms with Gasteiger partial charge >= 0.3 is 0 Å². The lowest BCUT2D eigenvalue weighted by Crippen LogP contribution is -2.05. The van der Waals surface area contributed by atoms with E-state index in [-0.39, 0.29) is 11.7 Å². The van der Waals surface area contributed by atoms with Crippen LogP contribution in [0.3, 0.4) is 0 Å². The average molecular weight is 178 g/mol. The number of hydrogen-bond acceptors (Lipinski definition) is 2. The summed E-state index contributed by atoms with van der Waals surface area (Å²) in [7, 11) is 1.60. The summed E-state index contributed by atoms with van der Waals surface area (Å²) < 4.78 is 5.16. The smallest absolute Gasteiger partial charge is 0.155 e. The number of ketones is 1. The van der Waals surface area contributed by atoms with E-state index in [1.54, 1.807) is 13.2 Å². The summed E-state index contributed by atoms with van der Waals surface area (Å²) in [4.78, 5) is 10.9. The van der Waals surface area contributed by atoms with Crippen LogP contribution in [0.1, 0.15) is 13.3 Å². The molecule has 0 aromatic heterocycles.